The Bertz CT molecular complexity index is 870. The Morgan fingerprint density at radius 3 is 0.860 bits per heavy atom. The molecule has 0 aromatic heterocycles. The minimum Gasteiger partial charge on any atom is -0.462 e. The standard InChI is InChI=1S/C51H98O6/c1-6-7-8-9-10-11-12-14-18-21-26-31-36-41-49(52)55-44-48(45-56-50(53)42-37-32-28-23-25-30-35-40-47(4)5)57-51(54)43-38-33-27-22-19-16-13-15-17-20-24-29-34-39-46(2)3/h46-48H,6-45H2,1-5H3/t48-/m1/s1. The maximum absolute atomic E-state index is 12.8. The fraction of sp³-hybridized carbons (Fsp3) is 0.941. The molecule has 0 heterocycles. The Morgan fingerprint density at radius 2 is 0.579 bits per heavy atom. The molecule has 0 radical (unpaired) electrons. The second-order valence-electron chi connectivity index (χ2n) is 18.4. The summed E-state index contributed by atoms with van der Waals surface area (Å²) < 4.78 is 16.8. The highest BCUT2D eigenvalue weighted by Gasteiger charge is 2.19. The Kier molecular flexibility index (Phi) is 42.7. The van der Waals surface area contributed by atoms with Crippen LogP contribution in [0.25, 0.3) is 0 Å². The summed E-state index contributed by atoms with van der Waals surface area (Å²) in [5, 5.41) is 0. The maximum atomic E-state index is 12.8. The summed E-state index contributed by atoms with van der Waals surface area (Å²) in [5.41, 5.74) is 0. The third kappa shape index (κ3) is 45.3. The van der Waals surface area contributed by atoms with E-state index in [2.05, 4.69) is 34.6 Å². The van der Waals surface area contributed by atoms with Crippen molar-refractivity contribution in [1.29, 1.82) is 0 Å². The number of carbonyl (C=O) groups excluding carboxylic acids is 3. The topological polar surface area (TPSA) is 78.9 Å². The molecule has 0 bridgehead atoms. The lowest BCUT2D eigenvalue weighted by Crippen LogP contribution is -2.30. The van der Waals surface area contributed by atoms with Gasteiger partial charge in [0.1, 0.15) is 13.2 Å². The summed E-state index contributed by atoms with van der Waals surface area (Å²) in [6, 6.07) is 0. The number of esters is 3. The molecule has 6 heteroatoms. The molecule has 0 spiro atoms. The van der Waals surface area contributed by atoms with Crippen molar-refractivity contribution in [3.63, 3.8) is 0 Å². The molecule has 0 rings (SSSR count). The molecule has 0 aromatic rings. The molecule has 0 aromatic carbocycles. The van der Waals surface area contributed by atoms with Gasteiger partial charge in [0.05, 0.1) is 0 Å². The van der Waals surface area contributed by atoms with Crippen molar-refractivity contribution in [3.05, 3.63) is 0 Å². The number of unbranched alkanes of at least 4 members (excludes halogenated alkanes) is 30. The lowest BCUT2D eigenvalue weighted by molar-refractivity contribution is -0.167. The zero-order valence-electron chi connectivity index (χ0n) is 39.0. The van der Waals surface area contributed by atoms with Crippen LogP contribution in [0.3, 0.4) is 0 Å². The van der Waals surface area contributed by atoms with Crippen molar-refractivity contribution in [2.24, 2.45) is 11.8 Å². The number of ether oxygens (including phenoxy) is 3. The van der Waals surface area contributed by atoms with E-state index in [0.717, 1.165) is 69.6 Å². The van der Waals surface area contributed by atoms with Crippen LogP contribution in [0.2, 0.25) is 0 Å². The van der Waals surface area contributed by atoms with E-state index in [4.69, 9.17) is 14.2 Å². The largest absolute Gasteiger partial charge is 0.462 e. The third-order valence-corrected chi connectivity index (χ3v) is 11.5. The van der Waals surface area contributed by atoms with Crippen LogP contribution < -0.4 is 0 Å². The lowest BCUT2D eigenvalue weighted by Gasteiger charge is -2.18. The smallest absolute Gasteiger partial charge is 0.306 e. The highest BCUT2D eigenvalue weighted by Crippen LogP contribution is 2.17. The molecule has 57 heavy (non-hydrogen) atoms. The fourth-order valence-electron chi connectivity index (χ4n) is 7.64. The van der Waals surface area contributed by atoms with Gasteiger partial charge in [0.15, 0.2) is 6.10 Å². The fourth-order valence-corrected chi connectivity index (χ4v) is 7.64. The first-order valence-electron chi connectivity index (χ1n) is 25.2. The van der Waals surface area contributed by atoms with Gasteiger partial charge in [-0.3, -0.25) is 14.4 Å². The minimum absolute atomic E-state index is 0.0642. The molecule has 0 amide bonds. The van der Waals surface area contributed by atoms with Crippen molar-refractivity contribution in [1.82, 2.24) is 0 Å². The molecule has 1 atom stereocenters. The van der Waals surface area contributed by atoms with E-state index in [0.29, 0.717) is 19.3 Å². The average Bonchev–Trinajstić information content (AvgIpc) is 3.18. The average molecular weight is 807 g/mol. The van der Waals surface area contributed by atoms with Gasteiger partial charge in [0.25, 0.3) is 0 Å². The van der Waals surface area contributed by atoms with E-state index in [1.165, 1.54) is 167 Å². The molecular formula is C51H98O6. The first-order chi connectivity index (χ1) is 27.7. The van der Waals surface area contributed by atoms with Gasteiger partial charge in [-0.15, -0.1) is 0 Å². The summed E-state index contributed by atoms with van der Waals surface area (Å²) in [7, 11) is 0. The van der Waals surface area contributed by atoms with Crippen LogP contribution >= 0.6 is 0 Å². The second-order valence-corrected chi connectivity index (χ2v) is 18.4. The van der Waals surface area contributed by atoms with Crippen molar-refractivity contribution < 1.29 is 28.6 Å². The predicted octanol–water partition coefficient (Wildman–Crippen LogP) is 16.1. The van der Waals surface area contributed by atoms with Crippen molar-refractivity contribution in [2.75, 3.05) is 13.2 Å². The lowest BCUT2D eigenvalue weighted by atomic mass is 10.0. The highest BCUT2D eigenvalue weighted by molar-refractivity contribution is 5.71. The molecule has 0 aliphatic carbocycles. The molecule has 0 saturated heterocycles. The molecule has 6 nitrogen and oxygen atoms in total. The summed E-state index contributed by atoms with van der Waals surface area (Å²) in [6.07, 6.45) is 43.8. The van der Waals surface area contributed by atoms with Crippen LogP contribution in [-0.4, -0.2) is 37.2 Å². The molecule has 338 valence electrons. The molecule has 0 fully saturated rings. The van der Waals surface area contributed by atoms with Gasteiger partial charge in [-0.05, 0) is 31.1 Å². The minimum atomic E-state index is -0.761. The third-order valence-electron chi connectivity index (χ3n) is 11.5. The summed E-state index contributed by atoms with van der Waals surface area (Å²) in [6.45, 7) is 11.3. The van der Waals surface area contributed by atoms with Crippen molar-refractivity contribution in [3.8, 4) is 0 Å². The Balaban J connectivity index is 4.30. The Hall–Kier alpha value is -1.59. The summed E-state index contributed by atoms with van der Waals surface area (Å²) >= 11 is 0. The van der Waals surface area contributed by atoms with Crippen LogP contribution in [0.15, 0.2) is 0 Å². The Morgan fingerprint density at radius 1 is 0.333 bits per heavy atom. The highest BCUT2D eigenvalue weighted by atomic mass is 16.6. The molecule has 0 unspecified atom stereocenters. The quantitative estimate of drug-likeness (QED) is 0.0346. The first kappa shape index (κ1) is 55.4. The number of carbonyl (C=O) groups is 3. The van der Waals surface area contributed by atoms with E-state index in [1.807, 2.05) is 0 Å². The van der Waals surface area contributed by atoms with Crippen molar-refractivity contribution in [2.45, 2.75) is 285 Å². The maximum Gasteiger partial charge on any atom is 0.306 e. The monoisotopic (exact) mass is 807 g/mol. The van der Waals surface area contributed by atoms with Gasteiger partial charge < -0.3 is 14.2 Å². The number of rotatable bonds is 45. The van der Waals surface area contributed by atoms with E-state index < -0.39 is 6.10 Å². The van der Waals surface area contributed by atoms with Crippen LogP contribution in [0, 0.1) is 11.8 Å². The number of hydrogen-bond donors (Lipinski definition) is 0. The van der Waals surface area contributed by atoms with Crippen LogP contribution in [-0.2, 0) is 28.6 Å². The second kappa shape index (κ2) is 44.0. The van der Waals surface area contributed by atoms with Crippen LogP contribution in [0.5, 0.6) is 0 Å². The van der Waals surface area contributed by atoms with Crippen LogP contribution in [0.4, 0.5) is 0 Å². The van der Waals surface area contributed by atoms with E-state index >= 15 is 0 Å². The van der Waals surface area contributed by atoms with Gasteiger partial charge in [-0.2, -0.15) is 0 Å². The Labute approximate surface area is 355 Å². The summed E-state index contributed by atoms with van der Waals surface area (Å²) in [4.78, 5) is 37.8. The van der Waals surface area contributed by atoms with Gasteiger partial charge in [-0.1, -0.05) is 240 Å². The molecule has 0 N–H and O–H groups in total. The predicted molar refractivity (Wildman–Crippen MR) is 243 cm³/mol. The summed E-state index contributed by atoms with van der Waals surface area (Å²) in [5.74, 6) is 0.767. The van der Waals surface area contributed by atoms with E-state index in [1.54, 1.807) is 0 Å². The number of hydrogen-bond acceptors (Lipinski definition) is 6. The van der Waals surface area contributed by atoms with Crippen LogP contribution in [0.1, 0.15) is 279 Å². The van der Waals surface area contributed by atoms with Gasteiger partial charge in [-0.25, -0.2) is 0 Å². The molecule has 0 aliphatic heterocycles. The zero-order chi connectivity index (χ0) is 41.9. The van der Waals surface area contributed by atoms with Gasteiger partial charge >= 0.3 is 17.9 Å². The zero-order valence-corrected chi connectivity index (χ0v) is 39.0. The van der Waals surface area contributed by atoms with E-state index in [-0.39, 0.29) is 31.1 Å². The molecule has 0 aliphatic rings. The van der Waals surface area contributed by atoms with Gasteiger partial charge in [0.2, 0.25) is 0 Å². The normalized spacial score (nSPS) is 12.1. The van der Waals surface area contributed by atoms with Gasteiger partial charge in [0, 0.05) is 19.3 Å². The molecular weight excluding hydrogens is 709 g/mol. The first-order valence-corrected chi connectivity index (χ1v) is 25.2. The molecule has 0 saturated carbocycles. The van der Waals surface area contributed by atoms with E-state index in [9.17, 15) is 14.4 Å². The van der Waals surface area contributed by atoms with Crippen molar-refractivity contribution >= 4 is 17.9 Å². The SMILES string of the molecule is CCCCCCCCCCCCCCCC(=O)OC[C@H](COC(=O)CCCCCCCCCC(C)C)OC(=O)CCCCCCCCCCCCCCCC(C)C.